The van der Waals surface area contributed by atoms with E-state index in [1.54, 1.807) is 10.8 Å². The summed E-state index contributed by atoms with van der Waals surface area (Å²) in [6.07, 6.45) is -0.917. The number of phosphoric ester groups is 1. The van der Waals surface area contributed by atoms with Gasteiger partial charge in [0.15, 0.2) is 0 Å². The van der Waals surface area contributed by atoms with E-state index < -0.39 is 54.2 Å². The molecule has 5 saturated carbocycles. The van der Waals surface area contributed by atoms with E-state index in [0.717, 1.165) is 40.1 Å². The van der Waals surface area contributed by atoms with Gasteiger partial charge in [-0.3, -0.25) is 9.09 Å². The SMILES string of the molecule is CC(C)(COC1C2C3C2C2C1C32)SSCOC1C[C@H](n2ccc(N)nc2=O)O[C@@H]1COP(=O)(O)OP(=O)(O)OP(=O)(O)O. The topological polar surface area (TPSA) is 248 Å². The molecule has 0 amide bonds. The van der Waals surface area contributed by atoms with Crippen molar-refractivity contribution in [1.82, 2.24) is 9.55 Å². The van der Waals surface area contributed by atoms with Crippen LogP contribution in [0.3, 0.4) is 0 Å². The Morgan fingerprint density at radius 1 is 1.05 bits per heavy atom. The van der Waals surface area contributed by atoms with Gasteiger partial charge in [-0.05, 0) is 55.4 Å². The van der Waals surface area contributed by atoms with E-state index in [2.05, 4.69) is 27.5 Å². The second-order valence-electron chi connectivity index (χ2n) is 11.8. The molecule has 1 aromatic heterocycles. The van der Waals surface area contributed by atoms with E-state index in [9.17, 15) is 28.3 Å². The van der Waals surface area contributed by atoms with Gasteiger partial charge >= 0.3 is 29.2 Å². The number of aromatic nitrogens is 2. The van der Waals surface area contributed by atoms with Crippen LogP contribution in [0.5, 0.6) is 0 Å². The summed E-state index contributed by atoms with van der Waals surface area (Å²) in [6.45, 7) is 4.04. The van der Waals surface area contributed by atoms with Gasteiger partial charge in [0, 0.05) is 17.4 Å². The highest BCUT2D eigenvalue weighted by atomic mass is 33.1. The highest BCUT2D eigenvalue weighted by molar-refractivity contribution is 8.77. The summed E-state index contributed by atoms with van der Waals surface area (Å²) < 4.78 is 66.1. The Kier molecular flexibility index (Phi) is 8.66. The highest BCUT2D eigenvalue weighted by Gasteiger charge is 2.92. The van der Waals surface area contributed by atoms with Gasteiger partial charge < -0.3 is 39.5 Å². The fourth-order valence-electron chi connectivity index (χ4n) is 6.96. The summed E-state index contributed by atoms with van der Waals surface area (Å²) in [5.41, 5.74) is 4.85. The molecule has 2 heterocycles. The van der Waals surface area contributed by atoms with Crippen LogP contribution in [0.4, 0.5) is 5.82 Å². The first-order valence-corrected chi connectivity index (χ1v) is 20.1. The van der Waals surface area contributed by atoms with E-state index >= 15 is 0 Å². The average molecular weight is 708 g/mol. The van der Waals surface area contributed by atoms with Crippen molar-refractivity contribution in [2.45, 2.75) is 49.6 Å². The van der Waals surface area contributed by atoms with Crippen LogP contribution in [0.15, 0.2) is 17.1 Å². The number of rotatable bonds is 16. The van der Waals surface area contributed by atoms with E-state index in [-0.39, 0.29) is 22.9 Å². The molecule has 43 heavy (non-hydrogen) atoms. The fraction of sp³-hybridized carbons (Fsp3) is 0.810. The van der Waals surface area contributed by atoms with Crippen molar-refractivity contribution in [3.8, 4) is 0 Å². The van der Waals surface area contributed by atoms with Crippen LogP contribution in [-0.2, 0) is 41.1 Å². The molecule has 1 aliphatic heterocycles. The monoisotopic (exact) mass is 707 g/mol. The molecule has 5 atom stereocenters. The maximum Gasteiger partial charge on any atom is 0.490 e. The Labute approximate surface area is 253 Å². The zero-order valence-electron chi connectivity index (χ0n) is 22.8. The van der Waals surface area contributed by atoms with Crippen molar-refractivity contribution in [1.29, 1.82) is 0 Å². The number of anilines is 1. The molecule has 242 valence electrons. The molecule has 3 unspecified atom stereocenters. The molecule has 6 aliphatic rings. The Bertz CT molecular complexity index is 1420. The molecule has 2 bridgehead atoms. The fourth-order valence-corrected chi connectivity index (χ4v) is 12.1. The van der Waals surface area contributed by atoms with Gasteiger partial charge in [0.2, 0.25) is 0 Å². The van der Waals surface area contributed by atoms with Gasteiger partial charge in [-0.25, -0.2) is 18.5 Å². The Morgan fingerprint density at radius 2 is 1.70 bits per heavy atom. The van der Waals surface area contributed by atoms with Crippen LogP contribution >= 0.6 is 45.1 Å². The van der Waals surface area contributed by atoms with Crippen molar-refractivity contribution >= 4 is 50.9 Å². The molecule has 1 saturated heterocycles. The van der Waals surface area contributed by atoms with E-state index in [0.29, 0.717) is 12.7 Å². The first-order chi connectivity index (χ1) is 20.0. The van der Waals surface area contributed by atoms with Crippen molar-refractivity contribution in [2.75, 3.05) is 24.9 Å². The lowest BCUT2D eigenvalue weighted by atomic mass is 10.0. The zero-order chi connectivity index (χ0) is 31.1. The number of nitrogens with zero attached hydrogens (tertiary/aromatic N) is 2. The first-order valence-electron chi connectivity index (χ1n) is 13.3. The number of nitrogen functional groups attached to an aromatic ring is 1. The summed E-state index contributed by atoms with van der Waals surface area (Å²) in [5.74, 6) is 5.44. The Balaban J connectivity index is 1.02. The molecule has 0 spiro atoms. The molecule has 0 aromatic carbocycles. The summed E-state index contributed by atoms with van der Waals surface area (Å²) in [7, 11) is -13.6. The zero-order valence-corrected chi connectivity index (χ0v) is 27.1. The number of ether oxygens (including phenoxy) is 3. The quantitative estimate of drug-likeness (QED) is 0.0714. The summed E-state index contributed by atoms with van der Waals surface area (Å²) in [6, 6.07) is 1.39. The van der Waals surface area contributed by atoms with Gasteiger partial charge in [-0.15, -0.1) is 0 Å². The molecule has 0 radical (unpaired) electrons. The van der Waals surface area contributed by atoms with E-state index in [4.69, 9.17) is 34.3 Å². The number of nitrogens with two attached hydrogens (primary N) is 1. The van der Waals surface area contributed by atoms with Crippen LogP contribution in [-0.4, -0.2) is 71.3 Å². The van der Waals surface area contributed by atoms with Crippen LogP contribution in [0.25, 0.3) is 0 Å². The molecule has 1 aromatic rings. The van der Waals surface area contributed by atoms with Crippen LogP contribution < -0.4 is 11.4 Å². The minimum Gasteiger partial charge on any atom is -0.383 e. The van der Waals surface area contributed by atoms with Gasteiger partial charge in [0.25, 0.3) is 0 Å². The molecule has 6 N–H and O–H groups in total. The van der Waals surface area contributed by atoms with Crippen LogP contribution in [0, 0.1) is 35.5 Å². The van der Waals surface area contributed by atoms with Crippen LogP contribution in [0.2, 0.25) is 0 Å². The van der Waals surface area contributed by atoms with Gasteiger partial charge in [-0.1, -0.05) is 21.6 Å². The Hall–Kier alpha value is -0.330. The lowest BCUT2D eigenvalue weighted by Gasteiger charge is -2.26. The maximum atomic E-state index is 12.4. The molecule has 17 nitrogen and oxygen atoms in total. The third-order valence-electron chi connectivity index (χ3n) is 8.43. The first kappa shape index (κ1) is 32.6. The number of hydrogen-bond donors (Lipinski definition) is 5. The van der Waals surface area contributed by atoms with Gasteiger partial charge in [0.1, 0.15) is 24.1 Å². The largest absolute Gasteiger partial charge is 0.490 e. The minimum absolute atomic E-state index is 0.000602. The summed E-state index contributed by atoms with van der Waals surface area (Å²) in [5, 5.41) is 0. The third kappa shape index (κ3) is 7.02. The predicted octanol–water partition coefficient (Wildman–Crippen LogP) is 2.10. The lowest BCUT2D eigenvalue weighted by Crippen LogP contribution is -2.29. The molecule has 6 fully saturated rings. The number of phosphoric acid groups is 3. The lowest BCUT2D eigenvalue weighted by molar-refractivity contribution is -0.0543. The van der Waals surface area contributed by atoms with Crippen LogP contribution in [0.1, 0.15) is 26.5 Å². The number of hydrogen-bond acceptors (Lipinski definition) is 14. The van der Waals surface area contributed by atoms with E-state index in [1.165, 1.54) is 23.1 Å². The second-order valence-corrected chi connectivity index (χ2v) is 19.2. The van der Waals surface area contributed by atoms with Crippen molar-refractivity contribution in [3.05, 3.63) is 22.7 Å². The Morgan fingerprint density at radius 3 is 2.30 bits per heavy atom. The molecular weight excluding hydrogens is 675 g/mol. The van der Waals surface area contributed by atoms with E-state index in [1.807, 2.05) is 0 Å². The molecule has 7 rings (SSSR count). The van der Waals surface area contributed by atoms with Crippen molar-refractivity contribution < 1.29 is 60.6 Å². The van der Waals surface area contributed by atoms with Crippen molar-refractivity contribution in [3.63, 3.8) is 0 Å². The summed E-state index contributed by atoms with van der Waals surface area (Å²) in [4.78, 5) is 52.7. The van der Waals surface area contributed by atoms with Gasteiger partial charge in [0.05, 0.1) is 25.4 Å². The standard InChI is InChI=1S/C21H32N3O14P3S2/c1-21(2,7-33-19-17-13-14(17)16-15(13)18(16)19)43-42-8-34-9-5-12(24-4-3-11(22)23-20(24)25)36-10(9)6-35-40(29,30)38-41(31,32)37-39(26,27)28/h3-4,9-10,12-19H,5-8H2,1-2H3,(H,29,30)(H,31,32)(H2,22,23,25)(H2,26,27,28)/t9?,10-,12-,13?,14?,15?,16?,17?,18?,19?/m1/s1. The maximum absolute atomic E-state index is 12.4. The molecular formula is C21H32N3O14P3S2. The average Bonchev–Trinajstić information content (AvgIpc) is 3.46. The minimum atomic E-state index is -5.69. The third-order valence-corrected chi connectivity index (χ3v) is 15.1. The smallest absolute Gasteiger partial charge is 0.383 e. The van der Waals surface area contributed by atoms with Crippen molar-refractivity contribution in [2.24, 2.45) is 35.5 Å². The second kappa shape index (κ2) is 11.4. The molecule has 22 heteroatoms. The summed E-state index contributed by atoms with van der Waals surface area (Å²) >= 11 is 0. The molecule has 5 aliphatic carbocycles. The predicted molar refractivity (Wildman–Crippen MR) is 151 cm³/mol. The van der Waals surface area contributed by atoms with Gasteiger partial charge in [-0.2, -0.15) is 13.6 Å². The highest BCUT2D eigenvalue weighted by Crippen LogP contribution is 2.92. The normalized spacial score (nSPS) is 38.2.